The first-order chi connectivity index (χ1) is 12.6. The molecule has 4 rings (SSSR count). The molecule has 1 aromatic heterocycles. The van der Waals surface area contributed by atoms with Gasteiger partial charge < -0.3 is 9.73 Å². The molecule has 1 amide bonds. The Labute approximate surface area is 151 Å². The minimum atomic E-state index is -3.65. The van der Waals surface area contributed by atoms with Crippen LogP contribution in [0.25, 0.3) is 0 Å². The van der Waals surface area contributed by atoms with Gasteiger partial charge in [0.2, 0.25) is 15.7 Å². The maximum Gasteiger partial charge on any atom is 0.245 e. The third-order valence-corrected chi connectivity index (χ3v) is 6.04. The molecule has 0 saturated carbocycles. The maximum atomic E-state index is 12.9. The van der Waals surface area contributed by atoms with Crippen molar-refractivity contribution in [3.8, 4) is 0 Å². The van der Waals surface area contributed by atoms with E-state index in [-0.39, 0.29) is 22.2 Å². The number of carbonyl (C=O) groups excluding carboxylic acids is 1. The van der Waals surface area contributed by atoms with Crippen LogP contribution >= 0.6 is 0 Å². The molecule has 0 unspecified atom stereocenters. The predicted octanol–water partition coefficient (Wildman–Crippen LogP) is 2.88. The smallest absolute Gasteiger partial charge is 0.245 e. The average Bonchev–Trinajstić information content (AvgIpc) is 3.16. The highest BCUT2D eigenvalue weighted by molar-refractivity contribution is 7.92. The highest BCUT2D eigenvalue weighted by atomic mass is 32.2. The first kappa shape index (κ1) is 16.6. The van der Waals surface area contributed by atoms with Gasteiger partial charge in [-0.3, -0.25) is 9.69 Å². The zero-order valence-corrected chi connectivity index (χ0v) is 14.6. The van der Waals surface area contributed by atoms with Crippen LogP contribution in [0.4, 0.5) is 11.4 Å². The van der Waals surface area contributed by atoms with E-state index in [0.29, 0.717) is 17.9 Å². The molecule has 0 spiro atoms. The number of anilines is 2. The van der Waals surface area contributed by atoms with Crippen molar-refractivity contribution >= 4 is 27.1 Å². The van der Waals surface area contributed by atoms with Crippen molar-refractivity contribution in [2.24, 2.45) is 0 Å². The number of benzene rings is 2. The predicted molar refractivity (Wildman–Crippen MR) is 95.9 cm³/mol. The van der Waals surface area contributed by atoms with Crippen molar-refractivity contribution in [2.75, 3.05) is 11.4 Å². The number of sulfone groups is 1. The molecule has 0 saturated heterocycles. The molecule has 132 valence electrons. The van der Waals surface area contributed by atoms with Gasteiger partial charge in [-0.05, 0) is 36.4 Å². The molecule has 1 N–H and O–H groups in total. The average molecular weight is 368 g/mol. The van der Waals surface area contributed by atoms with Gasteiger partial charge >= 0.3 is 0 Å². The standard InChI is InChI=1S/C19H16N2O4S/c22-19(13-20-12-14-6-5-11-25-14)21-15-7-1-3-9-17(15)26(23,24)18-10-4-2-8-16(18)21/h1-11,20H,12-13H2. The van der Waals surface area contributed by atoms with Crippen molar-refractivity contribution < 1.29 is 17.6 Å². The monoisotopic (exact) mass is 368 g/mol. The third kappa shape index (κ3) is 2.71. The van der Waals surface area contributed by atoms with E-state index >= 15 is 0 Å². The van der Waals surface area contributed by atoms with Crippen LogP contribution in [0.5, 0.6) is 0 Å². The van der Waals surface area contributed by atoms with Gasteiger partial charge in [0.1, 0.15) is 5.76 Å². The number of nitrogens with zero attached hydrogens (tertiary/aromatic N) is 1. The summed E-state index contributed by atoms with van der Waals surface area (Å²) in [5, 5.41) is 3.03. The lowest BCUT2D eigenvalue weighted by Crippen LogP contribution is -2.38. The Morgan fingerprint density at radius 2 is 1.54 bits per heavy atom. The molecule has 0 aliphatic carbocycles. The molecular formula is C19H16N2O4S. The summed E-state index contributed by atoms with van der Waals surface area (Å²) in [6, 6.07) is 16.7. The van der Waals surface area contributed by atoms with E-state index in [1.807, 2.05) is 6.07 Å². The van der Waals surface area contributed by atoms with Gasteiger partial charge in [-0.15, -0.1) is 0 Å². The molecule has 0 bridgehead atoms. The molecule has 3 aromatic rings. The molecule has 0 radical (unpaired) electrons. The number of carbonyl (C=O) groups is 1. The number of furan rings is 1. The quantitative estimate of drug-likeness (QED) is 0.766. The number of para-hydroxylation sites is 2. The van der Waals surface area contributed by atoms with Crippen LogP contribution < -0.4 is 10.2 Å². The Morgan fingerprint density at radius 1 is 0.923 bits per heavy atom. The molecule has 2 heterocycles. The Kier molecular flexibility index (Phi) is 4.10. The van der Waals surface area contributed by atoms with Crippen LogP contribution in [-0.4, -0.2) is 20.9 Å². The van der Waals surface area contributed by atoms with E-state index in [0.717, 1.165) is 5.76 Å². The van der Waals surface area contributed by atoms with Gasteiger partial charge in [0.25, 0.3) is 0 Å². The summed E-state index contributed by atoms with van der Waals surface area (Å²) in [6.07, 6.45) is 1.57. The summed E-state index contributed by atoms with van der Waals surface area (Å²) < 4.78 is 31.0. The molecule has 26 heavy (non-hydrogen) atoms. The largest absolute Gasteiger partial charge is 0.468 e. The van der Waals surface area contributed by atoms with Crippen molar-refractivity contribution in [2.45, 2.75) is 16.3 Å². The molecule has 1 aliphatic rings. The summed E-state index contributed by atoms with van der Waals surface area (Å²) in [5.74, 6) is 0.478. The normalized spacial score (nSPS) is 14.5. The van der Waals surface area contributed by atoms with E-state index in [1.54, 1.807) is 48.7 Å². The minimum Gasteiger partial charge on any atom is -0.468 e. The fraction of sp³-hybridized carbons (Fsp3) is 0.105. The topological polar surface area (TPSA) is 79.6 Å². The Bertz CT molecular complexity index is 1010. The first-order valence-electron chi connectivity index (χ1n) is 8.08. The van der Waals surface area contributed by atoms with Crippen LogP contribution in [0, 0.1) is 0 Å². The zero-order chi connectivity index (χ0) is 18.1. The Hall–Kier alpha value is -2.90. The highest BCUT2D eigenvalue weighted by Gasteiger charge is 2.36. The fourth-order valence-electron chi connectivity index (χ4n) is 3.04. The number of fused-ring (bicyclic) bond motifs is 2. The number of nitrogens with one attached hydrogen (secondary N) is 1. The molecule has 6 nitrogen and oxygen atoms in total. The Balaban J connectivity index is 1.69. The van der Waals surface area contributed by atoms with Gasteiger partial charge in [0, 0.05) is 0 Å². The van der Waals surface area contributed by atoms with Crippen molar-refractivity contribution in [3.05, 3.63) is 72.7 Å². The van der Waals surface area contributed by atoms with Gasteiger partial charge in [0.15, 0.2) is 0 Å². The molecule has 0 fully saturated rings. The van der Waals surface area contributed by atoms with Crippen LogP contribution in [0.3, 0.4) is 0 Å². The maximum absolute atomic E-state index is 12.9. The summed E-state index contributed by atoms with van der Waals surface area (Å²) in [5.41, 5.74) is 0.743. The van der Waals surface area contributed by atoms with Crippen LogP contribution in [0.2, 0.25) is 0 Å². The molecule has 7 heteroatoms. The van der Waals surface area contributed by atoms with Gasteiger partial charge in [-0.1, -0.05) is 24.3 Å². The first-order valence-corrected chi connectivity index (χ1v) is 9.56. The van der Waals surface area contributed by atoms with Crippen molar-refractivity contribution in [3.63, 3.8) is 0 Å². The molecule has 1 aliphatic heterocycles. The lowest BCUT2D eigenvalue weighted by Gasteiger charge is -2.31. The molecule has 2 aromatic carbocycles. The Morgan fingerprint density at radius 3 is 2.12 bits per heavy atom. The number of amides is 1. The zero-order valence-electron chi connectivity index (χ0n) is 13.8. The lowest BCUT2D eigenvalue weighted by atomic mass is 10.2. The minimum absolute atomic E-state index is 0.0451. The second-order valence-corrected chi connectivity index (χ2v) is 7.74. The van der Waals surface area contributed by atoms with Gasteiger partial charge in [-0.2, -0.15) is 0 Å². The second kappa shape index (κ2) is 6.44. The van der Waals surface area contributed by atoms with E-state index < -0.39 is 9.84 Å². The van der Waals surface area contributed by atoms with Gasteiger partial charge in [-0.25, -0.2) is 8.42 Å². The number of rotatable bonds is 4. The second-order valence-electron chi connectivity index (χ2n) is 5.85. The van der Waals surface area contributed by atoms with Gasteiger partial charge in [0.05, 0.1) is 40.5 Å². The molecular weight excluding hydrogens is 352 g/mol. The summed E-state index contributed by atoms with van der Waals surface area (Å²) >= 11 is 0. The summed E-state index contributed by atoms with van der Waals surface area (Å²) in [6.45, 7) is 0.456. The highest BCUT2D eigenvalue weighted by Crippen LogP contribution is 2.43. The van der Waals surface area contributed by atoms with Crippen molar-refractivity contribution in [1.82, 2.24) is 5.32 Å². The van der Waals surface area contributed by atoms with Crippen molar-refractivity contribution in [1.29, 1.82) is 0 Å². The van der Waals surface area contributed by atoms with E-state index in [9.17, 15) is 13.2 Å². The third-order valence-electron chi connectivity index (χ3n) is 4.20. The van der Waals surface area contributed by atoms with Crippen LogP contribution in [-0.2, 0) is 21.2 Å². The summed E-state index contributed by atoms with van der Waals surface area (Å²) in [7, 11) is -3.65. The fourth-order valence-corrected chi connectivity index (χ4v) is 4.66. The number of hydrogen-bond acceptors (Lipinski definition) is 5. The van der Waals surface area contributed by atoms with Crippen LogP contribution in [0.1, 0.15) is 5.76 Å². The molecule has 0 atom stereocenters. The summed E-state index contributed by atoms with van der Waals surface area (Å²) in [4.78, 5) is 14.6. The van der Waals surface area contributed by atoms with Crippen LogP contribution in [0.15, 0.2) is 81.1 Å². The van der Waals surface area contributed by atoms with E-state index in [4.69, 9.17) is 4.42 Å². The lowest BCUT2D eigenvalue weighted by molar-refractivity contribution is -0.117. The van der Waals surface area contributed by atoms with E-state index in [1.165, 1.54) is 17.0 Å². The SMILES string of the molecule is O=C(CNCc1ccco1)N1c2ccccc2S(=O)(=O)c2ccccc21. The van der Waals surface area contributed by atoms with E-state index in [2.05, 4.69) is 5.32 Å². The number of hydrogen-bond donors (Lipinski definition) is 1.